The molecule has 1 aromatic carbocycles. The first-order valence-corrected chi connectivity index (χ1v) is 6.10. The maximum absolute atomic E-state index is 11.4. The Morgan fingerprint density at radius 2 is 2.00 bits per heavy atom. The lowest BCUT2D eigenvalue weighted by Gasteiger charge is -2.01. The summed E-state index contributed by atoms with van der Waals surface area (Å²) in [6.07, 6.45) is 3.39. The molecule has 4 heteroatoms. The molecule has 0 unspecified atom stereocenters. The number of hydrogen-bond donors (Lipinski definition) is 1. The number of hydrogen-bond acceptors (Lipinski definition) is 3. The van der Waals surface area contributed by atoms with E-state index in [4.69, 9.17) is 0 Å². The number of carbonyl (C=O) groups is 1. The average Bonchev–Trinajstić information content (AvgIpc) is 2.53. The van der Waals surface area contributed by atoms with Gasteiger partial charge < -0.3 is 5.32 Å². The van der Waals surface area contributed by atoms with Gasteiger partial charge in [0, 0.05) is 18.8 Å². The molecule has 1 heterocycles. The van der Waals surface area contributed by atoms with Crippen LogP contribution in [0.5, 0.6) is 0 Å². The van der Waals surface area contributed by atoms with Crippen LogP contribution >= 0.6 is 0 Å². The normalized spacial score (nSPS) is 10.7. The van der Waals surface area contributed by atoms with Crippen molar-refractivity contribution in [3.63, 3.8) is 0 Å². The molecule has 0 bridgehead atoms. The van der Waals surface area contributed by atoms with E-state index in [1.807, 2.05) is 6.07 Å². The Kier molecular flexibility index (Phi) is 4.25. The van der Waals surface area contributed by atoms with Crippen LogP contribution in [-0.4, -0.2) is 17.9 Å². The molecule has 2 aromatic rings. The number of rotatable bonds is 3. The summed E-state index contributed by atoms with van der Waals surface area (Å²) >= 11 is 0. The summed E-state index contributed by atoms with van der Waals surface area (Å²) < 4.78 is 0. The molecule has 0 saturated heterocycles. The number of nitrogens with zero attached hydrogens (tertiary/aromatic N) is 2. The van der Waals surface area contributed by atoms with Crippen molar-refractivity contribution in [1.82, 2.24) is 10.3 Å². The standard InChI is InChI=1S/C16H13N3O/c1-18-16(20)13-7-5-12(6-8-13)10-14(11-17)15-4-2-3-9-19-15/h2-10H,1H3,(H,18,20)/b14-10+. The van der Waals surface area contributed by atoms with Crippen LogP contribution in [0.15, 0.2) is 48.7 Å². The van der Waals surface area contributed by atoms with Gasteiger partial charge in [-0.05, 0) is 35.9 Å². The summed E-state index contributed by atoms with van der Waals surface area (Å²) in [6.45, 7) is 0. The third-order valence-electron chi connectivity index (χ3n) is 2.77. The Balaban J connectivity index is 2.30. The fourth-order valence-electron chi connectivity index (χ4n) is 1.73. The van der Waals surface area contributed by atoms with Gasteiger partial charge in [-0.2, -0.15) is 5.26 Å². The van der Waals surface area contributed by atoms with Gasteiger partial charge in [-0.1, -0.05) is 18.2 Å². The number of benzene rings is 1. The lowest BCUT2D eigenvalue weighted by Crippen LogP contribution is -2.17. The summed E-state index contributed by atoms with van der Waals surface area (Å²) in [5.41, 5.74) is 2.55. The zero-order valence-electron chi connectivity index (χ0n) is 11.0. The van der Waals surface area contributed by atoms with E-state index >= 15 is 0 Å². The molecule has 0 atom stereocenters. The van der Waals surface area contributed by atoms with Crippen LogP contribution < -0.4 is 5.32 Å². The van der Waals surface area contributed by atoms with Gasteiger partial charge in [-0.25, -0.2) is 0 Å². The van der Waals surface area contributed by atoms with Crippen LogP contribution in [0.2, 0.25) is 0 Å². The van der Waals surface area contributed by atoms with Crippen LogP contribution in [0.4, 0.5) is 0 Å². The van der Waals surface area contributed by atoms with E-state index in [-0.39, 0.29) is 5.91 Å². The number of nitrogens with one attached hydrogen (secondary N) is 1. The molecule has 0 aliphatic heterocycles. The van der Waals surface area contributed by atoms with Gasteiger partial charge in [0.25, 0.3) is 5.91 Å². The Morgan fingerprint density at radius 3 is 2.55 bits per heavy atom. The predicted octanol–water partition coefficient (Wildman–Crippen LogP) is 2.51. The van der Waals surface area contributed by atoms with Gasteiger partial charge in [-0.15, -0.1) is 0 Å². The van der Waals surface area contributed by atoms with Crippen LogP contribution in [0, 0.1) is 11.3 Å². The average molecular weight is 263 g/mol. The van der Waals surface area contributed by atoms with E-state index in [2.05, 4.69) is 16.4 Å². The lowest BCUT2D eigenvalue weighted by molar-refractivity contribution is 0.0963. The molecule has 0 fully saturated rings. The summed E-state index contributed by atoms with van der Waals surface area (Å²) in [6, 6.07) is 14.6. The number of pyridine rings is 1. The zero-order valence-corrected chi connectivity index (χ0v) is 11.0. The number of nitriles is 1. The summed E-state index contributed by atoms with van der Waals surface area (Å²) in [4.78, 5) is 15.6. The second-order valence-electron chi connectivity index (χ2n) is 4.09. The predicted molar refractivity (Wildman–Crippen MR) is 77.6 cm³/mol. The highest BCUT2D eigenvalue weighted by Crippen LogP contribution is 2.15. The third-order valence-corrected chi connectivity index (χ3v) is 2.77. The van der Waals surface area contributed by atoms with Gasteiger partial charge in [0.1, 0.15) is 6.07 Å². The van der Waals surface area contributed by atoms with Gasteiger partial charge in [-0.3, -0.25) is 9.78 Å². The molecular weight excluding hydrogens is 250 g/mol. The zero-order chi connectivity index (χ0) is 14.4. The van der Waals surface area contributed by atoms with Crippen molar-refractivity contribution < 1.29 is 4.79 Å². The number of carbonyl (C=O) groups excluding carboxylic acids is 1. The van der Waals surface area contributed by atoms with Crippen molar-refractivity contribution in [2.75, 3.05) is 7.05 Å². The molecule has 1 aromatic heterocycles. The van der Waals surface area contributed by atoms with Crippen LogP contribution in [-0.2, 0) is 0 Å². The van der Waals surface area contributed by atoms with Crippen LogP contribution in [0.25, 0.3) is 11.6 Å². The molecule has 98 valence electrons. The van der Waals surface area contributed by atoms with Crippen molar-refractivity contribution in [2.24, 2.45) is 0 Å². The highest BCUT2D eigenvalue weighted by atomic mass is 16.1. The molecule has 0 radical (unpaired) electrons. The highest BCUT2D eigenvalue weighted by molar-refractivity contribution is 5.94. The van der Waals surface area contributed by atoms with E-state index < -0.39 is 0 Å². The first-order chi connectivity index (χ1) is 9.74. The summed E-state index contributed by atoms with van der Waals surface area (Å²) in [7, 11) is 1.59. The minimum atomic E-state index is -0.134. The molecular formula is C16H13N3O. The minimum absolute atomic E-state index is 0.134. The second-order valence-corrected chi connectivity index (χ2v) is 4.09. The van der Waals surface area contributed by atoms with Crippen molar-refractivity contribution in [2.45, 2.75) is 0 Å². The van der Waals surface area contributed by atoms with Gasteiger partial charge in [0.15, 0.2) is 0 Å². The molecule has 0 spiro atoms. The number of aromatic nitrogens is 1. The molecule has 0 saturated carbocycles. The largest absolute Gasteiger partial charge is 0.355 e. The monoisotopic (exact) mass is 263 g/mol. The van der Waals surface area contributed by atoms with E-state index in [0.717, 1.165) is 5.56 Å². The van der Waals surface area contributed by atoms with Gasteiger partial charge >= 0.3 is 0 Å². The maximum Gasteiger partial charge on any atom is 0.251 e. The fourth-order valence-corrected chi connectivity index (χ4v) is 1.73. The lowest BCUT2D eigenvalue weighted by atomic mass is 10.1. The van der Waals surface area contributed by atoms with E-state index in [1.165, 1.54) is 0 Å². The van der Waals surface area contributed by atoms with Crippen LogP contribution in [0.1, 0.15) is 21.6 Å². The molecule has 4 nitrogen and oxygen atoms in total. The number of amides is 1. The Hall–Kier alpha value is -2.93. The third kappa shape index (κ3) is 3.09. The first-order valence-electron chi connectivity index (χ1n) is 6.10. The quantitative estimate of drug-likeness (QED) is 0.865. The smallest absolute Gasteiger partial charge is 0.251 e. The number of allylic oxidation sites excluding steroid dienone is 1. The van der Waals surface area contributed by atoms with Crippen molar-refractivity contribution in [1.29, 1.82) is 5.26 Å². The topological polar surface area (TPSA) is 65.8 Å². The summed E-state index contributed by atoms with van der Waals surface area (Å²) in [5, 5.41) is 11.8. The minimum Gasteiger partial charge on any atom is -0.355 e. The second kappa shape index (κ2) is 6.30. The van der Waals surface area contributed by atoms with Crippen molar-refractivity contribution in [3.8, 4) is 6.07 Å². The molecule has 2 rings (SSSR count). The maximum atomic E-state index is 11.4. The molecule has 0 aliphatic rings. The Morgan fingerprint density at radius 1 is 1.25 bits per heavy atom. The molecule has 1 N–H and O–H groups in total. The first kappa shape index (κ1) is 13.5. The van der Waals surface area contributed by atoms with E-state index in [0.29, 0.717) is 16.8 Å². The van der Waals surface area contributed by atoms with Gasteiger partial charge in [0.2, 0.25) is 0 Å². The van der Waals surface area contributed by atoms with Gasteiger partial charge in [0.05, 0.1) is 11.3 Å². The molecule has 1 amide bonds. The summed E-state index contributed by atoms with van der Waals surface area (Å²) in [5.74, 6) is -0.134. The van der Waals surface area contributed by atoms with Crippen molar-refractivity contribution >= 4 is 17.6 Å². The van der Waals surface area contributed by atoms with Crippen molar-refractivity contribution in [3.05, 3.63) is 65.5 Å². The van der Waals surface area contributed by atoms with Crippen LogP contribution in [0.3, 0.4) is 0 Å². The fraction of sp³-hybridized carbons (Fsp3) is 0.0625. The molecule has 20 heavy (non-hydrogen) atoms. The molecule has 0 aliphatic carbocycles. The van der Waals surface area contributed by atoms with E-state index in [9.17, 15) is 10.1 Å². The highest BCUT2D eigenvalue weighted by Gasteiger charge is 2.04. The Bertz CT molecular complexity index is 667. The van der Waals surface area contributed by atoms with E-state index in [1.54, 1.807) is 55.7 Å². The SMILES string of the molecule is CNC(=O)c1ccc(/C=C(\C#N)c2ccccn2)cc1. The Labute approximate surface area is 117 Å².